The number of aryl methyl sites for hydroxylation is 1. The summed E-state index contributed by atoms with van der Waals surface area (Å²) in [5.74, 6) is 0.718. The molecule has 0 radical (unpaired) electrons. The zero-order valence-electron chi connectivity index (χ0n) is 10.2. The van der Waals surface area contributed by atoms with E-state index in [-0.39, 0.29) is 6.10 Å². The second-order valence-corrected chi connectivity index (χ2v) is 7.17. The van der Waals surface area contributed by atoms with Crippen LogP contribution in [0.3, 0.4) is 0 Å². The molecule has 0 bridgehead atoms. The lowest BCUT2D eigenvalue weighted by Gasteiger charge is -2.29. The Labute approximate surface area is 129 Å². The Morgan fingerprint density at radius 2 is 2.21 bits per heavy atom. The molecule has 2 heterocycles. The number of aliphatic hydroxyl groups is 1. The Balaban J connectivity index is 1.94. The highest BCUT2D eigenvalue weighted by atomic mass is 79.9. The molecule has 2 nitrogen and oxygen atoms in total. The number of fused-ring (bicyclic) bond motifs is 1. The molecule has 0 saturated heterocycles. The van der Waals surface area contributed by atoms with E-state index in [1.165, 1.54) is 4.88 Å². The van der Waals surface area contributed by atoms with Gasteiger partial charge in [-0.1, -0.05) is 11.6 Å². The van der Waals surface area contributed by atoms with Gasteiger partial charge in [0.1, 0.15) is 11.9 Å². The van der Waals surface area contributed by atoms with Crippen LogP contribution in [0.15, 0.2) is 28.7 Å². The van der Waals surface area contributed by atoms with Gasteiger partial charge in [-0.05, 0) is 47.1 Å². The molecule has 1 aromatic carbocycles. The first-order valence-electron chi connectivity index (χ1n) is 5.94. The van der Waals surface area contributed by atoms with Gasteiger partial charge < -0.3 is 9.84 Å². The highest BCUT2D eigenvalue weighted by molar-refractivity contribution is 9.10. The quantitative estimate of drug-likeness (QED) is 0.774. The summed E-state index contributed by atoms with van der Waals surface area (Å²) in [7, 11) is 0. The normalized spacial score (nSPS) is 21.9. The first kappa shape index (κ1) is 13.4. The van der Waals surface area contributed by atoms with E-state index in [1.807, 2.05) is 6.07 Å². The van der Waals surface area contributed by atoms with Crippen LogP contribution in [0.25, 0.3) is 0 Å². The molecular formula is C14H12BrClO2S. The Bertz CT molecular complexity index is 606. The second-order valence-electron chi connectivity index (χ2n) is 4.59. The number of aliphatic hydroxyl groups excluding tert-OH is 1. The lowest BCUT2D eigenvalue weighted by molar-refractivity contribution is 0.0674. The third-order valence-electron chi connectivity index (χ3n) is 3.23. The van der Waals surface area contributed by atoms with Gasteiger partial charge in [0, 0.05) is 31.2 Å². The van der Waals surface area contributed by atoms with Crippen molar-refractivity contribution in [2.24, 2.45) is 0 Å². The molecule has 1 aliphatic rings. The van der Waals surface area contributed by atoms with Crippen molar-refractivity contribution in [3.63, 3.8) is 0 Å². The maximum atomic E-state index is 10.2. The van der Waals surface area contributed by atoms with E-state index < -0.39 is 6.10 Å². The van der Waals surface area contributed by atoms with E-state index in [0.717, 1.165) is 20.7 Å². The topological polar surface area (TPSA) is 29.5 Å². The van der Waals surface area contributed by atoms with E-state index in [1.54, 1.807) is 23.5 Å². The van der Waals surface area contributed by atoms with E-state index in [9.17, 15) is 5.11 Å². The molecule has 0 amide bonds. The molecule has 1 aliphatic heterocycles. The first-order chi connectivity index (χ1) is 9.04. The molecule has 1 aromatic heterocycles. The molecule has 0 spiro atoms. The van der Waals surface area contributed by atoms with Crippen molar-refractivity contribution in [1.29, 1.82) is 0 Å². The number of benzene rings is 1. The standard InChI is InChI=1S/C14H12BrClO2S/c1-7-10(15)5-14(19-7)13-6-11(17)9-4-8(16)2-3-12(9)18-13/h2-5,11,13,17H,6H2,1H3/t11-,13?/m1/s1. The summed E-state index contributed by atoms with van der Waals surface area (Å²) in [5, 5.41) is 10.9. The zero-order chi connectivity index (χ0) is 13.6. The van der Waals surface area contributed by atoms with E-state index in [0.29, 0.717) is 11.4 Å². The minimum atomic E-state index is -0.534. The number of hydrogen-bond donors (Lipinski definition) is 1. The second kappa shape index (κ2) is 5.09. The largest absolute Gasteiger partial charge is 0.484 e. The van der Waals surface area contributed by atoms with Crippen molar-refractivity contribution >= 4 is 38.9 Å². The van der Waals surface area contributed by atoms with Crippen LogP contribution in [0.1, 0.15) is 33.9 Å². The number of rotatable bonds is 1. The summed E-state index contributed by atoms with van der Waals surface area (Å²) in [4.78, 5) is 2.35. The van der Waals surface area contributed by atoms with Crippen molar-refractivity contribution in [3.8, 4) is 5.75 Å². The molecule has 0 saturated carbocycles. The highest BCUT2D eigenvalue weighted by Gasteiger charge is 2.29. The fourth-order valence-electron chi connectivity index (χ4n) is 2.23. The minimum Gasteiger partial charge on any atom is -0.484 e. The number of ether oxygens (including phenoxy) is 1. The molecule has 19 heavy (non-hydrogen) atoms. The third kappa shape index (κ3) is 2.55. The van der Waals surface area contributed by atoms with Crippen molar-refractivity contribution in [2.45, 2.75) is 25.6 Å². The lowest BCUT2D eigenvalue weighted by atomic mass is 9.98. The van der Waals surface area contributed by atoms with Crippen LogP contribution in [0.2, 0.25) is 5.02 Å². The Hall–Kier alpha value is -0.550. The van der Waals surface area contributed by atoms with Crippen molar-refractivity contribution in [3.05, 3.63) is 49.1 Å². The van der Waals surface area contributed by atoms with E-state index in [2.05, 4.69) is 28.9 Å². The lowest BCUT2D eigenvalue weighted by Crippen LogP contribution is -2.18. The third-order valence-corrected chi connectivity index (χ3v) is 5.69. The highest BCUT2D eigenvalue weighted by Crippen LogP contribution is 2.44. The first-order valence-corrected chi connectivity index (χ1v) is 7.93. The van der Waals surface area contributed by atoms with Crippen LogP contribution >= 0.6 is 38.9 Å². The maximum absolute atomic E-state index is 10.2. The van der Waals surface area contributed by atoms with Gasteiger partial charge in [-0.3, -0.25) is 0 Å². The zero-order valence-corrected chi connectivity index (χ0v) is 13.3. The van der Waals surface area contributed by atoms with Gasteiger partial charge in [0.15, 0.2) is 0 Å². The van der Waals surface area contributed by atoms with E-state index in [4.69, 9.17) is 16.3 Å². The van der Waals surface area contributed by atoms with Gasteiger partial charge >= 0.3 is 0 Å². The molecule has 0 aliphatic carbocycles. The summed E-state index contributed by atoms with van der Waals surface area (Å²) >= 11 is 11.2. The smallest absolute Gasteiger partial charge is 0.136 e. The van der Waals surface area contributed by atoms with Crippen LogP contribution in [-0.4, -0.2) is 5.11 Å². The van der Waals surface area contributed by atoms with Gasteiger partial charge in [-0.15, -0.1) is 11.3 Å². The molecule has 100 valence electrons. The van der Waals surface area contributed by atoms with Gasteiger partial charge in [-0.2, -0.15) is 0 Å². The molecule has 1 unspecified atom stereocenters. The fraction of sp³-hybridized carbons (Fsp3) is 0.286. The van der Waals surface area contributed by atoms with Crippen LogP contribution in [0.5, 0.6) is 5.75 Å². The van der Waals surface area contributed by atoms with Gasteiger partial charge in [-0.25, -0.2) is 0 Å². The van der Waals surface area contributed by atoms with E-state index >= 15 is 0 Å². The average Bonchev–Trinajstić information content (AvgIpc) is 2.70. The van der Waals surface area contributed by atoms with Crippen molar-refractivity contribution < 1.29 is 9.84 Å². The maximum Gasteiger partial charge on any atom is 0.136 e. The number of thiophene rings is 1. The average molecular weight is 360 g/mol. The Kier molecular flexibility index (Phi) is 3.60. The van der Waals surface area contributed by atoms with Crippen LogP contribution in [-0.2, 0) is 0 Å². The molecular weight excluding hydrogens is 348 g/mol. The summed E-state index contributed by atoms with van der Waals surface area (Å²) < 4.78 is 7.07. The molecule has 2 atom stereocenters. The molecule has 5 heteroatoms. The minimum absolute atomic E-state index is 0.0984. The molecule has 2 aromatic rings. The summed E-state index contributed by atoms with van der Waals surface area (Å²) in [6.45, 7) is 2.06. The van der Waals surface area contributed by atoms with Gasteiger partial charge in [0.05, 0.1) is 6.10 Å². The predicted molar refractivity (Wildman–Crippen MR) is 81.2 cm³/mol. The Morgan fingerprint density at radius 1 is 1.42 bits per heavy atom. The molecule has 1 N–H and O–H groups in total. The van der Waals surface area contributed by atoms with Crippen molar-refractivity contribution in [2.75, 3.05) is 0 Å². The van der Waals surface area contributed by atoms with Crippen molar-refractivity contribution in [1.82, 2.24) is 0 Å². The monoisotopic (exact) mass is 358 g/mol. The van der Waals surface area contributed by atoms with Crippen LogP contribution < -0.4 is 4.74 Å². The van der Waals surface area contributed by atoms with Gasteiger partial charge in [0.25, 0.3) is 0 Å². The SMILES string of the molecule is Cc1sc(C2C[C@@H](O)c3cc(Cl)ccc3O2)cc1Br. The predicted octanol–water partition coefficient (Wildman–Crippen LogP) is 5.03. The molecule has 3 rings (SSSR count). The number of halogens is 2. The number of hydrogen-bond acceptors (Lipinski definition) is 3. The summed E-state index contributed by atoms with van der Waals surface area (Å²) in [5.41, 5.74) is 0.774. The van der Waals surface area contributed by atoms with Crippen LogP contribution in [0.4, 0.5) is 0 Å². The molecule has 0 fully saturated rings. The Morgan fingerprint density at radius 3 is 2.89 bits per heavy atom. The summed E-state index contributed by atoms with van der Waals surface area (Å²) in [6, 6.07) is 7.44. The fourth-order valence-corrected chi connectivity index (χ4v) is 4.02. The summed E-state index contributed by atoms with van der Waals surface area (Å²) in [6.07, 6.45) is -0.0768. The van der Waals surface area contributed by atoms with Gasteiger partial charge in [0.2, 0.25) is 0 Å². The van der Waals surface area contributed by atoms with Crippen LogP contribution in [0, 0.1) is 6.92 Å².